The lowest BCUT2D eigenvalue weighted by Crippen LogP contribution is -2.30. The van der Waals surface area contributed by atoms with Crippen molar-refractivity contribution in [2.45, 2.75) is 412 Å². The van der Waals surface area contributed by atoms with Crippen molar-refractivity contribution in [2.75, 3.05) is 39.6 Å². The predicted octanol–water partition coefficient (Wildman–Crippen LogP) is 22.1. The fraction of sp³-hybridized carbons (Fsp3) is 0.947. The highest BCUT2D eigenvalue weighted by molar-refractivity contribution is 7.47. The topological polar surface area (TPSA) is 237 Å². The van der Waals surface area contributed by atoms with Crippen molar-refractivity contribution in [3.05, 3.63) is 0 Å². The summed E-state index contributed by atoms with van der Waals surface area (Å²) in [6.07, 6.45) is 56.9. The van der Waals surface area contributed by atoms with Gasteiger partial charge in [0, 0.05) is 25.7 Å². The Morgan fingerprint density at radius 3 is 0.755 bits per heavy atom. The summed E-state index contributed by atoms with van der Waals surface area (Å²) in [5.74, 6) is -1.38. The second kappa shape index (κ2) is 68.2. The summed E-state index contributed by atoms with van der Waals surface area (Å²) in [7, 11) is -9.91. The maximum absolute atomic E-state index is 13.1. The van der Waals surface area contributed by atoms with Crippen molar-refractivity contribution in [2.24, 2.45) is 5.92 Å². The van der Waals surface area contributed by atoms with Gasteiger partial charge in [0.2, 0.25) is 0 Å². The number of ether oxygens (including phenoxy) is 4. The average molecular weight is 1380 g/mol. The van der Waals surface area contributed by atoms with Crippen LogP contribution in [0.3, 0.4) is 0 Å². The number of phosphoric ester groups is 2. The lowest BCUT2D eigenvalue weighted by molar-refractivity contribution is -0.161. The molecule has 0 bridgehead atoms. The third-order valence-corrected chi connectivity index (χ3v) is 19.8. The van der Waals surface area contributed by atoms with E-state index in [1.807, 2.05) is 0 Å². The van der Waals surface area contributed by atoms with Crippen LogP contribution in [0.4, 0.5) is 0 Å². The van der Waals surface area contributed by atoms with Gasteiger partial charge in [-0.1, -0.05) is 343 Å². The van der Waals surface area contributed by atoms with Gasteiger partial charge in [-0.3, -0.25) is 37.3 Å². The van der Waals surface area contributed by atoms with E-state index in [1.165, 1.54) is 212 Å². The highest BCUT2D eigenvalue weighted by Crippen LogP contribution is 2.45. The monoisotopic (exact) mass is 1380 g/mol. The Labute approximate surface area is 575 Å². The number of phosphoric acid groups is 2. The zero-order valence-electron chi connectivity index (χ0n) is 61.1. The van der Waals surface area contributed by atoms with Crippen LogP contribution in [-0.2, 0) is 65.4 Å². The summed E-state index contributed by atoms with van der Waals surface area (Å²) in [6.45, 7) is 7.24. The molecule has 17 nitrogen and oxygen atoms in total. The van der Waals surface area contributed by atoms with Crippen LogP contribution >= 0.6 is 15.6 Å². The molecule has 3 N–H and O–H groups in total. The van der Waals surface area contributed by atoms with Crippen molar-refractivity contribution in [1.29, 1.82) is 0 Å². The van der Waals surface area contributed by atoms with Crippen LogP contribution in [-0.4, -0.2) is 96.7 Å². The average Bonchev–Trinajstić information content (AvgIpc) is 1.50. The van der Waals surface area contributed by atoms with Crippen LogP contribution < -0.4 is 0 Å². The van der Waals surface area contributed by atoms with E-state index in [9.17, 15) is 43.2 Å². The molecule has 0 saturated carbocycles. The number of hydrogen-bond acceptors (Lipinski definition) is 15. The van der Waals surface area contributed by atoms with Crippen LogP contribution in [0.25, 0.3) is 0 Å². The minimum Gasteiger partial charge on any atom is -0.462 e. The lowest BCUT2D eigenvalue weighted by atomic mass is 10.00. The normalized spacial score (nSPS) is 14.3. The number of carbonyl (C=O) groups excluding carboxylic acids is 4. The van der Waals surface area contributed by atoms with Gasteiger partial charge in [-0.2, -0.15) is 0 Å². The van der Waals surface area contributed by atoms with Gasteiger partial charge in [0.05, 0.1) is 26.4 Å². The van der Waals surface area contributed by atoms with E-state index in [1.54, 1.807) is 0 Å². The molecule has 0 aromatic rings. The molecule has 0 rings (SSSR count). The number of rotatable bonds is 75. The van der Waals surface area contributed by atoms with Crippen LogP contribution in [0.5, 0.6) is 0 Å². The molecule has 0 aliphatic carbocycles. The molecular formula is C75H146O17P2. The Kier molecular flexibility index (Phi) is 66.8. The van der Waals surface area contributed by atoms with Crippen molar-refractivity contribution < 1.29 is 80.2 Å². The van der Waals surface area contributed by atoms with E-state index in [0.717, 1.165) is 102 Å². The summed E-state index contributed by atoms with van der Waals surface area (Å²) in [5.41, 5.74) is 0. The molecule has 0 aromatic carbocycles. The van der Waals surface area contributed by atoms with Crippen LogP contribution in [0.15, 0.2) is 0 Å². The number of unbranched alkanes of at least 4 members (excludes halogenated alkanes) is 46. The fourth-order valence-electron chi connectivity index (χ4n) is 11.5. The molecule has 94 heavy (non-hydrogen) atoms. The molecule has 0 amide bonds. The highest BCUT2D eigenvalue weighted by Gasteiger charge is 2.30. The molecule has 6 atom stereocenters. The Morgan fingerprint density at radius 1 is 0.298 bits per heavy atom. The third kappa shape index (κ3) is 67.3. The largest absolute Gasteiger partial charge is 0.472 e. The van der Waals surface area contributed by atoms with Crippen molar-refractivity contribution in [3.63, 3.8) is 0 Å². The molecule has 3 unspecified atom stereocenters. The lowest BCUT2D eigenvalue weighted by Gasteiger charge is -2.21. The van der Waals surface area contributed by atoms with E-state index >= 15 is 0 Å². The summed E-state index contributed by atoms with van der Waals surface area (Å²) in [5, 5.41) is 10.6. The zero-order valence-corrected chi connectivity index (χ0v) is 62.9. The number of carbonyl (C=O) groups is 4. The Hall–Kier alpha value is -1.94. The first-order valence-corrected chi connectivity index (χ1v) is 42.2. The van der Waals surface area contributed by atoms with E-state index in [0.29, 0.717) is 25.7 Å². The summed E-state index contributed by atoms with van der Waals surface area (Å²) >= 11 is 0. The van der Waals surface area contributed by atoms with Gasteiger partial charge in [0.1, 0.15) is 19.3 Å². The van der Waals surface area contributed by atoms with E-state index in [4.69, 9.17) is 37.0 Å². The fourth-order valence-corrected chi connectivity index (χ4v) is 13.1. The van der Waals surface area contributed by atoms with Gasteiger partial charge in [-0.05, 0) is 31.6 Å². The van der Waals surface area contributed by atoms with Crippen molar-refractivity contribution >= 4 is 39.5 Å². The van der Waals surface area contributed by atoms with Gasteiger partial charge in [0.15, 0.2) is 12.2 Å². The van der Waals surface area contributed by atoms with Gasteiger partial charge in [-0.15, -0.1) is 0 Å². The molecule has 0 fully saturated rings. The van der Waals surface area contributed by atoms with E-state index in [2.05, 4.69) is 34.6 Å². The molecule has 0 aliphatic heterocycles. The summed E-state index contributed by atoms with van der Waals surface area (Å²) in [6, 6.07) is 0. The quantitative estimate of drug-likeness (QED) is 0.0222. The Morgan fingerprint density at radius 2 is 0.511 bits per heavy atom. The van der Waals surface area contributed by atoms with Gasteiger partial charge in [0.25, 0.3) is 0 Å². The first-order valence-electron chi connectivity index (χ1n) is 39.2. The van der Waals surface area contributed by atoms with E-state index < -0.39 is 97.5 Å². The zero-order chi connectivity index (χ0) is 69.1. The van der Waals surface area contributed by atoms with Gasteiger partial charge < -0.3 is 33.8 Å². The summed E-state index contributed by atoms with van der Waals surface area (Å²) < 4.78 is 68.5. The number of aliphatic hydroxyl groups is 1. The Bertz CT molecular complexity index is 1810. The SMILES string of the molecule is CCCCCCCCCCCCCCCCCCCCCC(=O)O[C@H](COC(=O)CCCCCCCCCCCCCCCC)COP(=O)(O)OC[C@@H](O)COP(=O)(O)OC[C@@H](COC(=O)CCCCCCCCC(C)CC)OC(=O)CCCCCCCCCCCCC. The second-order valence-electron chi connectivity index (χ2n) is 27.3. The molecule has 19 heteroatoms. The van der Waals surface area contributed by atoms with Gasteiger partial charge >= 0.3 is 39.5 Å². The molecule has 558 valence electrons. The molecular weight excluding hydrogens is 1230 g/mol. The van der Waals surface area contributed by atoms with Crippen molar-refractivity contribution in [1.82, 2.24) is 0 Å². The van der Waals surface area contributed by atoms with Crippen LogP contribution in [0.1, 0.15) is 394 Å². The van der Waals surface area contributed by atoms with E-state index in [-0.39, 0.29) is 25.7 Å². The molecule has 0 spiro atoms. The Balaban J connectivity index is 5.22. The van der Waals surface area contributed by atoms with Crippen LogP contribution in [0.2, 0.25) is 0 Å². The summed E-state index contributed by atoms with van der Waals surface area (Å²) in [4.78, 5) is 72.7. The standard InChI is InChI=1S/C75H146O17P2/c1-6-10-13-16-19-22-25-27-29-30-31-32-33-35-38-41-44-51-56-61-75(80)91-70(64-85-72(77)58-53-48-42-39-37-34-28-26-23-20-17-14-11-7-2)66-89-93(81,82)87-62-69(76)63-88-94(83,84)90-67-71(65-86-73(78)59-54-49-46-45-47-52-57-68(5)9-4)92-74(79)60-55-50-43-40-36-24-21-18-15-12-8-3/h68-71,76H,6-67H2,1-5H3,(H,81,82)(H,83,84)/t68?,69-,70-,71-/m1/s1. The molecule has 0 aromatic heterocycles. The molecule has 0 aliphatic rings. The van der Waals surface area contributed by atoms with Gasteiger partial charge in [-0.25, -0.2) is 9.13 Å². The number of aliphatic hydroxyl groups excluding tert-OH is 1. The predicted molar refractivity (Wildman–Crippen MR) is 382 cm³/mol. The molecule has 0 saturated heterocycles. The minimum absolute atomic E-state index is 0.106. The second-order valence-corrected chi connectivity index (χ2v) is 30.2. The smallest absolute Gasteiger partial charge is 0.462 e. The van der Waals surface area contributed by atoms with Crippen LogP contribution in [0, 0.1) is 5.92 Å². The molecule has 0 radical (unpaired) electrons. The minimum atomic E-state index is -4.96. The maximum Gasteiger partial charge on any atom is 0.472 e. The first kappa shape index (κ1) is 92.1. The van der Waals surface area contributed by atoms with Crippen molar-refractivity contribution in [3.8, 4) is 0 Å². The number of hydrogen-bond donors (Lipinski definition) is 3. The third-order valence-electron chi connectivity index (χ3n) is 17.9. The highest BCUT2D eigenvalue weighted by atomic mass is 31.2. The molecule has 0 heterocycles. The first-order chi connectivity index (χ1) is 45.6. The number of esters is 4. The maximum atomic E-state index is 13.1.